The number of anilines is 1. The van der Waals surface area contributed by atoms with Gasteiger partial charge in [0.2, 0.25) is 0 Å². The summed E-state index contributed by atoms with van der Waals surface area (Å²) in [4.78, 5) is 0. The van der Waals surface area contributed by atoms with E-state index in [9.17, 15) is 0 Å². The van der Waals surface area contributed by atoms with Crippen molar-refractivity contribution in [1.29, 1.82) is 0 Å². The number of ether oxygens (including phenoxy) is 2. The zero-order valence-electron chi connectivity index (χ0n) is 12.8. The number of methoxy groups -OCH3 is 1. The van der Waals surface area contributed by atoms with Gasteiger partial charge < -0.3 is 15.2 Å². The van der Waals surface area contributed by atoms with Gasteiger partial charge in [0, 0.05) is 29.3 Å². The van der Waals surface area contributed by atoms with Gasteiger partial charge >= 0.3 is 0 Å². The van der Waals surface area contributed by atoms with Crippen LogP contribution in [0.4, 0.5) is 5.82 Å². The average molecular weight is 322 g/mol. The zero-order valence-corrected chi connectivity index (χ0v) is 13.6. The van der Waals surface area contributed by atoms with Crippen LogP contribution in [0.15, 0.2) is 18.3 Å². The molecule has 0 amide bonds. The zero-order chi connectivity index (χ0) is 15.7. The monoisotopic (exact) mass is 321 g/mol. The van der Waals surface area contributed by atoms with Crippen LogP contribution in [0.25, 0.3) is 11.1 Å². The fraction of sp³-hybridized carbons (Fsp3) is 0.438. The van der Waals surface area contributed by atoms with Crippen LogP contribution < -0.4 is 15.2 Å². The van der Waals surface area contributed by atoms with Crippen LogP contribution in [0.2, 0.25) is 5.02 Å². The van der Waals surface area contributed by atoms with Gasteiger partial charge in [0.15, 0.2) is 11.5 Å². The third-order valence-electron chi connectivity index (χ3n) is 4.10. The number of nitrogen functional groups attached to an aromatic ring is 1. The number of rotatable bonds is 4. The standard InChI is InChI=1S/C16H20ClN3O2/c1-20-16(18)13(9-19-20)12-7-10(17)8-14(21-2)15(12)22-11-5-3-4-6-11/h7-9,11H,3-6,18H2,1-2H3. The molecule has 1 aromatic carbocycles. The first-order valence-corrected chi connectivity index (χ1v) is 7.80. The first-order chi connectivity index (χ1) is 10.6. The van der Waals surface area contributed by atoms with Crippen molar-refractivity contribution in [3.8, 4) is 22.6 Å². The van der Waals surface area contributed by atoms with Crippen molar-refractivity contribution >= 4 is 17.4 Å². The van der Waals surface area contributed by atoms with E-state index in [-0.39, 0.29) is 6.10 Å². The van der Waals surface area contributed by atoms with Crippen LogP contribution in [0.1, 0.15) is 25.7 Å². The highest BCUT2D eigenvalue weighted by Gasteiger charge is 2.23. The van der Waals surface area contributed by atoms with E-state index in [1.807, 2.05) is 6.07 Å². The lowest BCUT2D eigenvalue weighted by molar-refractivity contribution is 0.202. The lowest BCUT2D eigenvalue weighted by Crippen LogP contribution is -2.12. The average Bonchev–Trinajstić information content (AvgIpc) is 3.12. The van der Waals surface area contributed by atoms with E-state index in [4.69, 9.17) is 26.8 Å². The third-order valence-corrected chi connectivity index (χ3v) is 4.32. The normalized spacial score (nSPS) is 15.2. The summed E-state index contributed by atoms with van der Waals surface area (Å²) < 4.78 is 13.3. The molecule has 6 heteroatoms. The van der Waals surface area contributed by atoms with E-state index in [1.165, 1.54) is 12.8 Å². The number of aryl methyl sites for hydroxylation is 1. The first kappa shape index (κ1) is 15.0. The molecule has 1 heterocycles. The molecule has 0 spiro atoms. The Morgan fingerprint density at radius 1 is 1.27 bits per heavy atom. The van der Waals surface area contributed by atoms with Gasteiger partial charge in [-0.05, 0) is 31.7 Å². The van der Waals surface area contributed by atoms with Gasteiger partial charge in [-0.15, -0.1) is 0 Å². The predicted molar refractivity (Wildman–Crippen MR) is 87.5 cm³/mol. The van der Waals surface area contributed by atoms with Crippen molar-refractivity contribution < 1.29 is 9.47 Å². The van der Waals surface area contributed by atoms with E-state index in [1.54, 1.807) is 31.1 Å². The van der Waals surface area contributed by atoms with E-state index in [2.05, 4.69) is 5.10 Å². The second kappa shape index (κ2) is 6.08. The molecule has 2 N–H and O–H groups in total. The van der Waals surface area contributed by atoms with Crippen LogP contribution in [0.3, 0.4) is 0 Å². The predicted octanol–water partition coefficient (Wildman–Crippen LogP) is 3.65. The smallest absolute Gasteiger partial charge is 0.169 e. The van der Waals surface area contributed by atoms with E-state index in [0.29, 0.717) is 22.3 Å². The molecule has 1 aliphatic rings. The molecule has 2 aromatic rings. The fourth-order valence-electron chi connectivity index (χ4n) is 2.87. The summed E-state index contributed by atoms with van der Waals surface area (Å²) in [5, 5.41) is 4.78. The molecule has 0 saturated heterocycles. The second-order valence-electron chi connectivity index (χ2n) is 5.58. The Morgan fingerprint density at radius 2 is 2.00 bits per heavy atom. The van der Waals surface area contributed by atoms with Crippen LogP contribution in [0.5, 0.6) is 11.5 Å². The summed E-state index contributed by atoms with van der Waals surface area (Å²) in [6.07, 6.45) is 6.46. The largest absolute Gasteiger partial charge is 0.493 e. The molecule has 22 heavy (non-hydrogen) atoms. The number of halogens is 1. The minimum Gasteiger partial charge on any atom is -0.493 e. The van der Waals surface area contributed by atoms with Gasteiger partial charge in [0.05, 0.1) is 19.4 Å². The highest BCUT2D eigenvalue weighted by atomic mass is 35.5. The van der Waals surface area contributed by atoms with Gasteiger partial charge in [0.25, 0.3) is 0 Å². The fourth-order valence-corrected chi connectivity index (χ4v) is 3.08. The lowest BCUT2D eigenvalue weighted by atomic mass is 10.1. The lowest BCUT2D eigenvalue weighted by Gasteiger charge is -2.19. The van der Waals surface area contributed by atoms with Gasteiger partial charge in [-0.2, -0.15) is 5.10 Å². The number of nitrogens with two attached hydrogens (primary N) is 1. The Balaban J connectivity index is 2.10. The van der Waals surface area contributed by atoms with Crippen molar-refractivity contribution in [2.75, 3.05) is 12.8 Å². The van der Waals surface area contributed by atoms with Gasteiger partial charge in [-0.25, -0.2) is 0 Å². The molecule has 0 radical (unpaired) electrons. The van der Waals surface area contributed by atoms with Crippen molar-refractivity contribution in [2.24, 2.45) is 7.05 Å². The second-order valence-corrected chi connectivity index (χ2v) is 6.01. The number of hydrogen-bond donors (Lipinski definition) is 1. The number of aromatic nitrogens is 2. The molecule has 5 nitrogen and oxygen atoms in total. The number of benzene rings is 1. The molecule has 1 fully saturated rings. The van der Waals surface area contributed by atoms with Gasteiger partial charge in [-0.3, -0.25) is 4.68 Å². The molecule has 1 aromatic heterocycles. The molecule has 3 rings (SSSR count). The molecular weight excluding hydrogens is 302 g/mol. The SMILES string of the molecule is COc1cc(Cl)cc(-c2cnn(C)c2N)c1OC1CCCC1. The van der Waals surface area contributed by atoms with Crippen molar-refractivity contribution in [3.63, 3.8) is 0 Å². The van der Waals surface area contributed by atoms with Crippen molar-refractivity contribution in [1.82, 2.24) is 9.78 Å². The topological polar surface area (TPSA) is 62.3 Å². The highest BCUT2D eigenvalue weighted by Crippen LogP contribution is 2.44. The molecule has 0 aliphatic heterocycles. The van der Waals surface area contributed by atoms with E-state index < -0.39 is 0 Å². The van der Waals surface area contributed by atoms with Crippen molar-refractivity contribution in [2.45, 2.75) is 31.8 Å². The summed E-state index contributed by atoms with van der Waals surface area (Å²) in [6, 6.07) is 3.61. The van der Waals surface area contributed by atoms with Crippen LogP contribution in [-0.4, -0.2) is 23.0 Å². The summed E-state index contributed by atoms with van der Waals surface area (Å²) in [6.45, 7) is 0. The highest BCUT2D eigenvalue weighted by molar-refractivity contribution is 6.31. The molecule has 1 aliphatic carbocycles. The summed E-state index contributed by atoms with van der Waals surface area (Å²) in [7, 11) is 3.42. The van der Waals surface area contributed by atoms with Crippen LogP contribution in [0, 0.1) is 0 Å². The molecule has 0 unspecified atom stereocenters. The molecule has 0 atom stereocenters. The van der Waals surface area contributed by atoms with Gasteiger partial charge in [-0.1, -0.05) is 11.6 Å². The molecular formula is C16H20ClN3O2. The Hall–Kier alpha value is -1.88. The number of nitrogens with zero attached hydrogens (tertiary/aromatic N) is 2. The molecule has 1 saturated carbocycles. The maximum Gasteiger partial charge on any atom is 0.169 e. The van der Waals surface area contributed by atoms with Gasteiger partial charge in [0.1, 0.15) is 5.82 Å². The molecule has 0 bridgehead atoms. The van der Waals surface area contributed by atoms with Crippen LogP contribution in [-0.2, 0) is 7.05 Å². The Kier molecular flexibility index (Phi) is 4.16. The maximum absolute atomic E-state index is 6.23. The van der Waals surface area contributed by atoms with E-state index in [0.717, 1.165) is 24.0 Å². The van der Waals surface area contributed by atoms with Crippen molar-refractivity contribution in [3.05, 3.63) is 23.4 Å². The first-order valence-electron chi connectivity index (χ1n) is 7.42. The third kappa shape index (κ3) is 2.73. The summed E-state index contributed by atoms with van der Waals surface area (Å²) in [5.74, 6) is 1.89. The van der Waals surface area contributed by atoms with Crippen LogP contribution >= 0.6 is 11.6 Å². The minimum atomic E-state index is 0.215. The molecule has 118 valence electrons. The summed E-state index contributed by atoms with van der Waals surface area (Å²) in [5.41, 5.74) is 7.74. The number of hydrogen-bond acceptors (Lipinski definition) is 4. The maximum atomic E-state index is 6.23. The minimum absolute atomic E-state index is 0.215. The Morgan fingerprint density at radius 3 is 2.59 bits per heavy atom. The summed E-state index contributed by atoms with van der Waals surface area (Å²) >= 11 is 6.22. The quantitative estimate of drug-likeness (QED) is 0.933. The Bertz CT molecular complexity index is 678. The Labute approximate surface area is 135 Å². The van der Waals surface area contributed by atoms with E-state index >= 15 is 0 Å².